The highest BCUT2D eigenvalue weighted by Gasteiger charge is 2.30. The van der Waals surface area contributed by atoms with Crippen LogP contribution in [-0.2, 0) is 0 Å². The quantitative estimate of drug-likeness (QED) is 0.811. The lowest BCUT2D eigenvalue weighted by molar-refractivity contribution is 0.251. The summed E-state index contributed by atoms with van der Waals surface area (Å²) in [7, 11) is 0. The van der Waals surface area contributed by atoms with Gasteiger partial charge in [0.15, 0.2) is 5.17 Å². The Balaban J connectivity index is 2.50. The molecule has 0 spiro atoms. The van der Waals surface area contributed by atoms with Crippen molar-refractivity contribution in [2.75, 3.05) is 18.8 Å². The summed E-state index contributed by atoms with van der Waals surface area (Å²) >= 11 is 1.91. The molecule has 0 aromatic rings. The molecule has 0 atom stereocenters. The van der Waals surface area contributed by atoms with Crippen LogP contribution >= 0.6 is 11.8 Å². The number of thioether (sulfide) groups is 1. The minimum atomic E-state index is 0.327. The Morgan fingerprint density at radius 1 is 1.33 bits per heavy atom. The Hall–Kier alpha value is -0.180. The van der Waals surface area contributed by atoms with Gasteiger partial charge >= 0.3 is 0 Å². The van der Waals surface area contributed by atoms with Crippen molar-refractivity contribution in [3.05, 3.63) is 0 Å². The van der Waals surface area contributed by atoms with Crippen LogP contribution in [0.15, 0.2) is 4.99 Å². The number of aliphatic imine (C=N–C) groups is 1. The summed E-state index contributed by atoms with van der Waals surface area (Å²) in [5.41, 5.74) is 0.774. The van der Waals surface area contributed by atoms with Gasteiger partial charge in [-0.3, -0.25) is 4.99 Å². The first-order valence-electron chi connectivity index (χ1n) is 7.26. The molecular weight excluding hydrogens is 240 g/mol. The fourth-order valence-electron chi connectivity index (χ4n) is 1.84. The standard InChI is InChI=1S/C15H30N2S/c1-7-15(8-2)10-17-13(18-11-15)16-9-14(5,6)12(3)4/h12H,7-11H2,1-6H3,(H,16,17). The minimum absolute atomic E-state index is 0.327. The van der Waals surface area contributed by atoms with Crippen LogP contribution in [-0.4, -0.2) is 24.0 Å². The highest BCUT2D eigenvalue weighted by Crippen LogP contribution is 2.35. The first-order chi connectivity index (χ1) is 8.35. The van der Waals surface area contributed by atoms with E-state index in [1.165, 1.54) is 18.6 Å². The van der Waals surface area contributed by atoms with Crippen molar-refractivity contribution >= 4 is 16.9 Å². The summed E-state index contributed by atoms with van der Waals surface area (Å²) in [6.07, 6.45) is 2.48. The maximum atomic E-state index is 4.76. The maximum absolute atomic E-state index is 4.76. The summed E-state index contributed by atoms with van der Waals surface area (Å²) < 4.78 is 0. The van der Waals surface area contributed by atoms with E-state index in [0.717, 1.165) is 18.3 Å². The van der Waals surface area contributed by atoms with Crippen LogP contribution in [0.1, 0.15) is 54.4 Å². The van der Waals surface area contributed by atoms with E-state index < -0.39 is 0 Å². The largest absolute Gasteiger partial charge is 0.364 e. The third-order valence-corrected chi connectivity index (χ3v) is 6.13. The van der Waals surface area contributed by atoms with E-state index in [0.29, 0.717) is 16.7 Å². The Morgan fingerprint density at radius 2 is 1.94 bits per heavy atom. The lowest BCUT2D eigenvalue weighted by atomic mass is 9.81. The van der Waals surface area contributed by atoms with Gasteiger partial charge in [-0.2, -0.15) is 0 Å². The van der Waals surface area contributed by atoms with Gasteiger partial charge < -0.3 is 5.32 Å². The predicted octanol–water partition coefficient (Wildman–Crippen LogP) is 4.17. The molecule has 0 saturated carbocycles. The van der Waals surface area contributed by atoms with Crippen molar-refractivity contribution in [3.63, 3.8) is 0 Å². The van der Waals surface area contributed by atoms with Crippen LogP contribution in [0.3, 0.4) is 0 Å². The molecule has 0 bridgehead atoms. The molecule has 1 rings (SSSR count). The Labute approximate surface area is 117 Å². The van der Waals surface area contributed by atoms with Crippen LogP contribution in [0.25, 0.3) is 0 Å². The maximum Gasteiger partial charge on any atom is 0.156 e. The van der Waals surface area contributed by atoms with E-state index in [4.69, 9.17) is 4.99 Å². The van der Waals surface area contributed by atoms with E-state index in [-0.39, 0.29) is 0 Å². The van der Waals surface area contributed by atoms with Crippen molar-refractivity contribution in [3.8, 4) is 0 Å². The highest BCUT2D eigenvalue weighted by molar-refractivity contribution is 8.13. The van der Waals surface area contributed by atoms with Crippen LogP contribution in [0.4, 0.5) is 0 Å². The van der Waals surface area contributed by atoms with E-state index in [1.54, 1.807) is 0 Å². The van der Waals surface area contributed by atoms with Crippen molar-refractivity contribution in [2.24, 2.45) is 21.7 Å². The number of rotatable bonds is 5. The SMILES string of the molecule is CCC1(CC)CN=C(NCC(C)(C)C(C)C)SC1. The fraction of sp³-hybridized carbons (Fsp3) is 0.933. The molecule has 1 heterocycles. The number of amidine groups is 1. The van der Waals surface area contributed by atoms with Gasteiger partial charge in [0.2, 0.25) is 0 Å². The number of hydrogen-bond donors (Lipinski definition) is 1. The van der Waals surface area contributed by atoms with Gasteiger partial charge in [0, 0.05) is 18.8 Å². The lowest BCUT2D eigenvalue weighted by Gasteiger charge is -2.35. The van der Waals surface area contributed by atoms with Gasteiger partial charge in [0.1, 0.15) is 0 Å². The zero-order valence-electron chi connectivity index (χ0n) is 13.0. The molecular formula is C15H30N2S. The second-order valence-electron chi connectivity index (χ2n) is 6.61. The third-order valence-electron chi connectivity index (χ3n) is 4.83. The normalized spacial score (nSPS) is 19.8. The molecule has 0 saturated heterocycles. The topological polar surface area (TPSA) is 24.4 Å². The van der Waals surface area contributed by atoms with E-state index in [2.05, 4.69) is 46.9 Å². The number of nitrogens with one attached hydrogen (secondary N) is 1. The first-order valence-corrected chi connectivity index (χ1v) is 8.25. The Kier molecular flexibility index (Phi) is 5.57. The molecule has 0 unspecified atom stereocenters. The van der Waals surface area contributed by atoms with Crippen molar-refractivity contribution < 1.29 is 0 Å². The zero-order valence-corrected chi connectivity index (χ0v) is 13.8. The molecule has 2 nitrogen and oxygen atoms in total. The highest BCUT2D eigenvalue weighted by atomic mass is 32.2. The van der Waals surface area contributed by atoms with Gasteiger partial charge in [-0.1, -0.05) is 53.3 Å². The molecule has 1 aliphatic heterocycles. The molecule has 0 fully saturated rings. The average molecular weight is 270 g/mol. The van der Waals surface area contributed by atoms with Crippen LogP contribution in [0.2, 0.25) is 0 Å². The molecule has 0 aromatic carbocycles. The fourth-order valence-corrected chi connectivity index (χ4v) is 3.12. The van der Waals surface area contributed by atoms with E-state index in [1.807, 2.05) is 11.8 Å². The summed E-state index contributed by atoms with van der Waals surface area (Å²) in [5.74, 6) is 1.90. The zero-order chi connectivity index (χ0) is 13.8. The van der Waals surface area contributed by atoms with Crippen molar-refractivity contribution in [1.82, 2.24) is 5.32 Å². The Morgan fingerprint density at radius 3 is 2.33 bits per heavy atom. The van der Waals surface area contributed by atoms with Crippen LogP contribution in [0.5, 0.6) is 0 Å². The Bertz CT molecular complexity index is 291. The third kappa shape index (κ3) is 3.91. The van der Waals surface area contributed by atoms with Gasteiger partial charge in [-0.05, 0) is 29.6 Å². The molecule has 0 amide bonds. The molecule has 1 aliphatic rings. The average Bonchev–Trinajstić information content (AvgIpc) is 2.37. The van der Waals surface area contributed by atoms with Gasteiger partial charge in [-0.25, -0.2) is 0 Å². The summed E-state index contributed by atoms with van der Waals surface area (Å²) in [6, 6.07) is 0. The van der Waals surface area contributed by atoms with E-state index in [9.17, 15) is 0 Å². The molecule has 0 aromatic heterocycles. The molecule has 106 valence electrons. The molecule has 0 aliphatic carbocycles. The van der Waals surface area contributed by atoms with Crippen LogP contribution in [0, 0.1) is 16.7 Å². The van der Waals surface area contributed by atoms with Gasteiger partial charge in [0.25, 0.3) is 0 Å². The molecule has 1 N–H and O–H groups in total. The van der Waals surface area contributed by atoms with Crippen molar-refractivity contribution in [1.29, 1.82) is 0 Å². The lowest BCUT2D eigenvalue weighted by Crippen LogP contribution is -2.39. The van der Waals surface area contributed by atoms with Crippen molar-refractivity contribution in [2.45, 2.75) is 54.4 Å². The monoisotopic (exact) mass is 270 g/mol. The molecule has 0 radical (unpaired) electrons. The summed E-state index contributed by atoms with van der Waals surface area (Å²) in [4.78, 5) is 4.76. The van der Waals surface area contributed by atoms with Crippen LogP contribution < -0.4 is 5.32 Å². The predicted molar refractivity (Wildman–Crippen MR) is 84.4 cm³/mol. The second-order valence-corrected chi connectivity index (χ2v) is 7.58. The summed E-state index contributed by atoms with van der Waals surface area (Å²) in [5, 5.41) is 4.70. The minimum Gasteiger partial charge on any atom is -0.364 e. The molecule has 3 heteroatoms. The second kappa shape index (κ2) is 6.31. The van der Waals surface area contributed by atoms with E-state index >= 15 is 0 Å². The number of nitrogens with zero attached hydrogens (tertiary/aromatic N) is 1. The van der Waals surface area contributed by atoms with Gasteiger partial charge in [0.05, 0.1) is 0 Å². The molecule has 18 heavy (non-hydrogen) atoms. The summed E-state index contributed by atoms with van der Waals surface area (Å²) in [6.45, 7) is 15.8. The number of hydrogen-bond acceptors (Lipinski definition) is 3. The first kappa shape index (κ1) is 15.9. The smallest absolute Gasteiger partial charge is 0.156 e. The van der Waals surface area contributed by atoms with Gasteiger partial charge in [-0.15, -0.1) is 0 Å².